The van der Waals surface area contributed by atoms with E-state index in [1.807, 2.05) is 0 Å². The zero-order valence-corrected chi connectivity index (χ0v) is 11.2. The highest BCUT2D eigenvalue weighted by atomic mass is 16.3. The van der Waals surface area contributed by atoms with Gasteiger partial charge in [0.15, 0.2) is 0 Å². The quantitative estimate of drug-likeness (QED) is 0.823. The summed E-state index contributed by atoms with van der Waals surface area (Å²) in [6, 6.07) is 3.37. The number of nitrogens with zero attached hydrogens (tertiary/aromatic N) is 1. The van der Waals surface area contributed by atoms with Crippen LogP contribution in [0.2, 0.25) is 0 Å². The van der Waals surface area contributed by atoms with Gasteiger partial charge in [-0.3, -0.25) is 4.90 Å². The summed E-state index contributed by atoms with van der Waals surface area (Å²) in [7, 11) is 2.20. The van der Waals surface area contributed by atoms with E-state index in [1.165, 1.54) is 24.8 Å². The Kier molecular flexibility index (Phi) is 4.24. The van der Waals surface area contributed by atoms with Gasteiger partial charge in [0.05, 0.1) is 12.8 Å². The van der Waals surface area contributed by atoms with E-state index in [2.05, 4.69) is 37.2 Å². The molecule has 0 amide bonds. The van der Waals surface area contributed by atoms with Crippen molar-refractivity contribution in [3.63, 3.8) is 0 Å². The average molecular weight is 236 g/mol. The first-order chi connectivity index (χ1) is 8.16. The Morgan fingerprint density at radius 1 is 1.47 bits per heavy atom. The van der Waals surface area contributed by atoms with Gasteiger partial charge in [-0.25, -0.2) is 0 Å². The zero-order chi connectivity index (χ0) is 12.3. The van der Waals surface area contributed by atoms with Gasteiger partial charge in [0.1, 0.15) is 5.76 Å². The maximum Gasteiger partial charge on any atom is 0.122 e. The number of rotatable bonds is 6. The van der Waals surface area contributed by atoms with Crippen LogP contribution >= 0.6 is 0 Å². The Hall–Kier alpha value is -0.800. The van der Waals surface area contributed by atoms with E-state index >= 15 is 0 Å². The summed E-state index contributed by atoms with van der Waals surface area (Å²) >= 11 is 0. The highest BCUT2D eigenvalue weighted by molar-refractivity contribution is 5.17. The molecule has 3 heteroatoms. The first-order valence-corrected chi connectivity index (χ1v) is 6.65. The molecule has 0 saturated heterocycles. The Labute approximate surface area is 104 Å². The lowest BCUT2D eigenvalue weighted by Crippen LogP contribution is -2.36. The molecule has 0 aliphatic heterocycles. The van der Waals surface area contributed by atoms with E-state index < -0.39 is 0 Å². The van der Waals surface area contributed by atoms with Crippen molar-refractivity contribution >= 4 is 0 Å². The molecular weight excluding hydrogens is 212 g/mol. The fourth-order valence-electron chi connectivity index (χ4n) is 2.16. The van der Waals surface area contributed by atoms with Crippen molar-refractivity contribution in [3.8, 4) is 0 Å². The lowest BCUT2D eigenvalue weighted by atomic mass is 9.92. The van der Waals surface area contributed by atoms with E-state index in [0.717, 1.165) is 24.9 Å². The minimum absolute atomic E-state index is 0.516. The minimum Gasteiger partial charge on any atom is -0.468 e. The fraction of sp³-hybridized carbons (Fsp3) is 0.714. The maximum absolute atomic E-state index is 5.60. The Bertz CT molecular complexity index is 342. The number of hydrogen-bond donors (Lipinski definition) is 1. The Morgan fingerprint density at radius 3 is 2.82 bits per heavy atom. The predicted octanol–water partition coefficient (Wildman–Crippen LogP) is 2.76. The van der Waals surface area contributed by atoms with E-state index in [9.17, 15) is 0 Å². The number of nitrogens with one attached hydrogen (secondary N) is 1. The van der Waals surface area contributed by atoms with Crippen LogP contribution in [0.25, 0.3) is 0 Å². The molecule has 96 valence electrons. The third kappa shape index (κ3) is 3.33. The fourth-order valence-corrected chi connectivity index (χ4v) is 2.16. The summed E-state index contributed by atoms with van der Waals surface area (Å²) in [6.07, 6.45) is 5.88. The second-order valence-corrected chi connectivity index (χ2v) is 5.40. The van der Waals surface area contributed by atoms with Crippen molar-refractivity contribution in [2.24, 2.45) is 0 Å². The van der Waals surface area contributed by atoms with Crippen LogP contribution in [0.15, 0.2) is 16.7 Å². The number of furan rings is 1. The Balaban J connectivity index is 1.88. The molecule has 0 radical (unpaired) electrons. The van der Waals surface area contributed by atoms with Gasteiger partial charge in [-0.15, -0.1) is 0 Å². The minimum atomic E-state index is 0.516. The zero-order valence-electron chi connectivity index (χ0n) is 11.2. The van der Waals surface area contributed by atoms with Crippen molar-refractivity contribution in [3.05, 3.63) is 23.7 Å². The Morgan fingerprint density at radius 2 is 2.24 bits per heavy atom. The van der Waals surface area contributed by atoms with Crippen LogP contribution < -0.4 is 5.32 Å². The first-order valence-electron chi connectivity index (χ1n) is 6.65. The molecule has 1 N–H and O–H groups in total. The summed E-state index contributed by atoms with van der Waals surface area (Å²) < 4.78 is 5.60. The lowest BCUT2D eigenvalue weighted by molar-refractivity contribution is 0.142. The highest BCUT2D eigenvalue weighted by Gasteiger charge is 2.23. The van der Waals surface area contributed by atoms with Crippen molar-refractivity contribution in [2.45, 2.75) is 58.3 Å². The van der Waals surface area contributed by atoms with E-state index in [1.54, 1.807) is 6.26 Å². The second kappa shape index (κ2) is 5.69. The van der Waals surface area contributed by atoms with E-state index in [4.69, 9.17) is 4.42 Å². The molecule has 2 rings (SSSR count). The molecule has 3 nitrogen and oxygen atoms in total. The molecule has 1 aromatic heterocycles. The van der Waals surface area contributed by atoms with Crippen LogP contribution in [0.5, 0.6) is 0 Å². The summed E-state index contributed by atoms with van der Waals surface area (Å²) in [5.41, 5.74) is 1.30. The SMILES string of the molecule is CC(C)NCc1ccoc1CN(C)C1CCC1. The summed E-state index contributed by atoms with van der Waals surface area (Å²) in [5, 5.41) is 3.44. The van der Waals surface area contributed by atoms with Crippen molar-refractivity contribution in [1.82, 2.24) is 10.2 Å². The second-order valence-electron chi connectivity index (χ2n) is 5.40. The molecule has 1 fully saturated rings. The molecule has 1 aromatic rings. The van der Waals surface area contributed by atoms with Crippen LogP contribution in [0.3, 0.4) is 0 Å². The van der Waals surface area contributed by atoms with Gasteiger partial charge >= 0.3 is 0 Å². The average Bonchev–Trinajstić information content (AvgIpc) is 2.59. The third-order valence-corrected chi connectivity index (χ3v) is 3.63. The van der Waals surface area contributed by atoms with Gasteiger partial charge in [0.2, 0.25) is 0 Å². The van der Waals surface area contributed by atoms with Crippen LogP contribution in [0, 0.1) is 0 Å². The molecule has 0 spiro atoms. The molecule has 0 atom stereocenters. The van der Waals surface area contributed by atoms with Crippen LogP contribution in [0.1, 0.15) is 44.4 Å². The maximum atomic E-state index is 5.60. The molecule has 1 aliphatic rings. The molecule has 0 bridgehead atoms. The lowest BCUT2D eigenvalue weighted by Gasteiger charge is -2.34. The van der Waals surface area contributed by atoms with Crippen molar-refractivity contribution in [2.75, 3.05) is 7.05 Å². The smallest absolute Gasteiger partial charge is 0.122 e. The topological polar surface area (TPSA) is 28.4 Å². The molecule has 17 heavy (non-hydrogen) atoms. The largest absolute Gasteiger partial charge is 0.468 e. The van der Waals surface area contributed by atoms with Crippen LogP contribution in [-0.4, -0.2) is 24.0 Å². The van der Waals surface area contributed by atoms with E-state index in [-0.39, 0.29) is 0 Å². The number of hydrogen-bond acceptors (Lipinski definition) is 3. The molecule has 1 aliphatic carbocycles. The summed E-state index contributed by atoms with van der Waals surface area (Å²) in [4.78, 5) is 2.42. The normalized spacial score (nSPS) is 16.8. The van der Waals surface area contributed by atoms with Gasteiger partial charge in [0.25, 0.3) is 0 Å². The monoisotopic (exact) mass is 236 g/mol. The van der Waals surface area contributed by atoms with Gasteiger partial charge in [-0.05, 0) is 26.0 Å². The highest BCUT2D eigenvalue weighted by Crippen LogP contribution is 2.25. The van der Waals surface area contributed by atoms with Crippen molar-refractivity contribution in [1.29, 1.82) is 0 Å². The summed E-state index contributed by atoms with van der Waals surface area (Å²) in [5.74, 6) is 1.12. The van der Waals surface area contributed by atoms with Gasteiger partial charge in [0, 0.05) is 24.2 Å². The predicted molar refractivity (Wildman–Crippen MR) is 69.8 cm³/mol. The molecular formula is C14H24N2O. The van der Waals surface area contributed by atoms with Crippen LogP contribution in [0.4, 0.5) is 0 Å². The molecule has 1 heterocycles. The standard InChI is InChI=1S/C14H24N2O/c1-11(2)15-9-12-7-8-17-14(12)10-16(3)13-5-4-6-13/h7-8,11,13,15H,4-6,9-10H2,1-3H3. The van der Waals surface area contributed by atoms with Crippen LogP contribution in [-0.2, 0) is 13.1 Å². The van der Waals surface area contributed by atoms with Gasteiger partial charge < -0.3 is 9.73 Å². The van der Waals surface area contributed by atoms with E-state index in [0.29, 0.717) is 6.04 Å². The first kappa shape index (κ1) is 12.7. The summed E-state index contributed by atoms with van der Waals surface area (Å²) in [6.45, 7) is 6.18. The third-order valence-electron chi connectivity index (χ3n) is 3.63. The van der Waals surface area contributed by atoms with Gasteiger partial charge in [-0.1, -0.05) is 20.3 Å². The molecule has 0 unspecified atom stereocenters. The molecule has 0 aromatic carbocycles. The molecule has 1 saturated carbocycles. The van der Waals surface area contributed by atoms with Crippen molar-refractivity contribution < 1.29 is 4.42 Å². The van der Waals surface area contributed by atoms with Gasteiger partial charge in [-0.2, -0.15) is 0 Å².